The van der Waals surface area contributed by atoms with E-state index in [0.717, 1.165) is 24.5 Å². The zero-order valence-electron chi connectivity index (χ0n) is 19.1. The van der Waals surface area contributed by atoms with Crippen LogP contribution >= 0.6 is 11.3 Å². The zero-order valence-corrected chi connectivity index (χ0v) is 20.7. The smallest absolute Gasteiger partial charge is 0.171 e. The fraction of sp³-hybridized carbons (Fsp3) is 0.360. The van der Waals surface area contributed by atoms with Crippen molar-refractivity contribution in [1.29, 1.82) is 0 Å². The van der Waals surface area contributed by atoms with Crippen LogP contribution in [0.2, 0.25) is 0 Å². The number of allylic oxidation sites excluding steroid dienone is 4. The normalized spacial score (nSPS) is 11.9. The summed E-state index contributed by atoms with van der Waals surface area (Å²) in [6.45, 7) is 9.66. The lowest BCUT2D eigenvalue weighted by Crippen LogP contribution is -2.20. The van der Waals surface area contributed by atoms with E-state index in [1.807, 2.05) is 39.0 Å². The lowest BCUT2D eigenvalue weighted by atomic mass is 10.1. The minimum atomic E-state index is -3.17. The number of thiophene rings is 1. The summed E-state index contributed by atoms with van der Waals surface area (Å²) in [5.74, 6) is 3.12. The van der Waals surface area contributed by atoms with E-state index in [-0.39, 0.29) is 0 Å². The maximum absolute atomic E-state index is 11.9. The molecule has 2 aromatic rings. The van der Waals surface area contributed by atoms with Gasteiger partial charge in [-0.05, 0) is 79.4 Å². The summed E-state index contributed by atoms with van der Waals surface area (Å²) in [5, 5.41) is 4.21. The fourth-order valence-electron chi connectivity index (χ4n) is 2.81. The summed E-state index contributed by atoms with van der Waals surface area (Å²) < 4.78 is 29.2. The van der Waals surface area contributed by atoms with Crippen LogP contribution in [-0.2, 0) is 22.9 Å². The lowest BCUT2D eigenvalue weighted by Gasteiger charge is -2.25. The second-order valence-corrected chi connectivity index (χ2v) is 9.77. The van der Waals surface area contributed by atoms with Gasteiger partial charge in [-0.2, -0.15) is 11.3 Å². The van der Waals surface area contributed by atoms with Gasteiger partial charge in [0.2, 0.25) is 0 Å². The van der Waals surface area contributed by atoms with Crippen LogP contribution in [-0.4, -0.2) is 26.2 Å². The Morgan fingerprint density at radius 2 is 1.74 bits per heavy atom. The monoisotopic (exact) mass is 459 g/mol. The summed E-state index contributed by atoms with van der Waals surface area (Å²) >= 11 is 1.68. The number of ether oxygens (including phenoxy) is 1. The van der Waals surface area contributed by atoms with E-state index >= 15 is 0 Å². The molecule has 1 heterocycles. The van der Waals surface area contributed by atoms with Gasteiger partial charge in [-0.1, -0.05) is 19.1 Å². The van der Waals surface area contributed by atoms with E-state index in [1.54, 1.807) is 24.3 Å². The Bertz CT molecular complexity index is 980. The van der Waals surface area contributed by atoms with E-state index in [4.69, 9.17) is 4.74 Å². The summed E-state index contributed by atoms with van der Waals surface area (Å²) in [4.78, 5) is 2.70. The number of sulfone groups is 1. The average Bonchev–Trinajstić information content (AvgIpc) is 3.22. The van der Waals surface area contributed by atoms with Crippen LogP contribution in [0.15, 0.2) is 63.8 Å². The van der Waals surface area contributed by atoms with Crippen molar-refractivity contribution in [3.05, 3.63) is 75.0 Å². The Kier molecular flexibility index (Phi) is 11.8. The van der Waals surface area contributed by atoms with Crippen LogP contribution in [0, 0.1) is 12.3 Å². The maximum atomic E-state index is 11.9. The molecule has 0 aliphatic rings. The molecular formula is C25H33NO3S2. The van der Waals surface area contributed by atoms with Crippen molar-refractivity contribution in [2.24, 2.45) is 0 Å². The molecule has 0 fully saturated rings. The molecule has 0 atom stereocenters. The standard InChI is InChI=1S/C22H29NO3S2.C3H4/c1-5-22(28(4,24)25)12-7-18(3)23(16-20-13-14-27-17-20)15-19-8-10-21(11-9-19)26-6-2;1-3-2/h7-14,17H,5-6,15-16H2,1-4H3;1H,2H3/b18-7+,22-12+;. The molecular weight excluding hydrogens is 426 g/mol. The number of rotatable bonds is 10. The Morgan fingerprint density at radius 3 is 2.23 bits per heavy atom. The highest BCUT2D eigenvalue weighted by molar-refractivity contribution is 7.94. The lowest BCUT2D eigenvalue weighted by molar-refractivity contribution is 0.328. The van der Waals surface area contributed by atoms with Crippen molar-refractivity contribution in [3.63, 3.8) is 0 Å². The molecule has 4 nitrogen and oxygen atoms in total. The summed E-state index contributed by atoms with van der Waals surface area (Å²) in [5.41, 5.74) is 3.44. The molecule has 2 rings (SSSR count). The van der Waals surface area contributed by atoms with Gasteiger partial charge in [-0.15, -0.1) is 12.3 Å². The fourth-order valence-corrected chi connectivity index (χ4v) is 4.31. The van der Waals surface area contributed by atoms with Crippen LogP contribution < -0.4 is 4.74 Å². The Labute approximate surface area is 192 Å². The first-order valence-corrected chi connectivity index (χ1v) is 13.0. The predicted molar refractivity (Wildman–Crippen MR) is 133 cm³/mol. The topological polar surface area (TPSA) is 46.6 Å². The molecule has 0 aliphatic carbocycles. The van der Waals surface area contributed by atoms with Gasteiger partial charge in [0, 0.05) is 29.9 Å². The van der Waals surface area contributed by atoms with Gasteiger partial charge < -0.3 is 9.64 Å². The van der Waals surface area contributed by atoms with E-state index < -0.39 is 9.84 Å². The molecule has 0 bridgehead atoms. The highest BCUT2D eigenvalue weighted by Crippen LogP contribution is 2.20. The number of hydrogen-bond donors (Lipinski definition) is 0. The van der Waals surface area contributed by atoms with Crippen molar-refractivity contribution < 1.29 is 13.2 Å². The highest BCUT2D eigenvalue weighted by atomic mass is 32.2. The number of terminal acetylenes is 1. The summed E-state index contributed by atoms with van der Waals surface area (Å²) in [7, 11) is -3.17. The van der Waals surface area contributed by atoms with E-state index in [9.17, 15) is 8.42 Å². The van der Waals surface area contributed by atoms with Gasteiger partial charge in [0.1, 0.15) is 5.75 Å². The van der Waals surface area contributed by atoms with E-state index in [2.05, 4.69) is 46.2 Å². The third-order valence-electron chi connectivity index (χ3n) is 4.40. The van der Waals surface area contributed by atoms with Gasteiger partial charge >= 0.3 is 0 Å². The molecule has 31 heavy (non-hydrogen) atoms. The molecule has 0 spiro atoms. The minimum absolute atomic E-state index is 0.448. The average molecular weight is 460 g/mol. The molecule has 0 amide bonds. The Balaban J connectivity index is 0.00000151. The molecule has 0 N–H and O–H groups in total. The third kappa shape index (κ3) is 9.91. The third-order valence-corrected chi connectivity index (χ3v) is 6.50. The van der Waals surface area contributed by atoms with Crippen molar-refractivity contribution in [3.8, 4) is 18.1 Å². The quantitative estimate of drug-likeness (QED) is 0.321. The van der Waals surface area contributed by atoms with Gasteiger partial charge in [0.05, 0.1) is 6.61 Å². The van der Waals surface area contributed by atoms with Crippen molar-refractivity contribution in [1.82, 2.24) is 4.90 Å². The van der Waals surface area contributed by atoms with Crippen LogP contribution in [0.4, 0.5) is 0 Å². The van der Waals surface area contributed by atoms with Crippen LogP contribution in [0.25, 0.3) is 0 Å². The highest BCUT2D eigenvalue weighted by Gasteiger charge is 2.11. The summed E-state index contributed by atoms with van der Waals surface area (Å²) in [6, 6.07) is 10.2. The van der Waals surface area contributed by atoms with Crippen molar-refractivity contribution in [2.45, 2.75) is 47.2 Å². The van der Waals surface area contributed by atoms with Crippen LogP contribution in [0.1, 0.15) is 45.2 Å². The van der Waals surface area contributed by atoms with Crippen molar-refractivity contribution in [2.75, 3.05) is 12.9 Å². The van der Waals surface area contributed by atoms with Gasteiger partial charge in [-0.25, -0.2) is 8.42 Å². The van der Waals surface area contributed by atoms with E-state index in [1.165, 1.54) is 17.4 Å². The number of hydrogen-bond acceptors (Lipinski definition) is 5. The molecule has 0 unspecified atom stereocenters. The Hall–Kier alpha value is -2.49. The maximum Gasteiger partial charge on any atom is 0.171 e. The van der Waals surface area contributed by atoms with Gasteiger partial charge in [-0.3, -0.25) is 0 Å². The molecule has 1 aromatic carbocycles. The molecule has 0 radical (unpaired) electrons. The largest absolute Gasteiger partial charge is 0.494 e. The second kappa shape index (κ2) is 13.7. The van der Waals surface area contributed by atoms with Gasteiger partial charge in [0.25, 0.3) is 0 Å². The first-order chi connectivity index (χ1) is 14.7. The SMILES string of the molecule is C#CC.CCOc1ccc(CN(Cc2ccsc2)/C(C)=C/C=C(\CC)S(C)(=O)=O)cc1. The molecule has 1 aromatic heterocycles. The first kappa shape index (κ1) is 26.5. The van der Waals surface area contributed by atoms with Crippen LogP contribution in [0.3, 0.4) is 0 Å². The molecule has 168 valence electrons. The zero-order chi connectivity index (χ0) is 23.3. The van der Waals surface area contributed by atoms with E-state index in [0.29, 0.717) is 17.9 Å². The van der Waals surface area contributed by atoms with Crippen molar-refractivity contribution >= 4 is 21.2 Å². The molecule has 0 aliphatic heterocycles. The molecule has 6 heteroatoms. The first-order valence-electron chi connectivity index (χ1n) is 10.2. The summed E-state index contributed by atoms with van der Waals surface area (Å²) in [6.07, 6.45) is 9.98. The molecule has 0 saturated heterocycles. The van der Waals surface area contributed by atoms with Crippen LogP contribution in [0.5, 0.6) is 5.75 Å². The predicted octanol–water partition coefficient (Wildman–Crippen LogP) is 6.03. The number of nitrogens with zero attached hydrogens (tertiary/aromatic N) is 1. The Morgan fingerprint density at radius 1 is 1.13 bits per heavy atom. The molecule has 0 saturated carbocycles. The minimum Gasteiger partial charge on any atom is -0.494 e. The second-order valence-electron chi connectivity index (χ2n) is 6.92. The number of benzene rings is 1. The van der Waals surface area contributed by atoms with Gasteiger partial charge in [0.15, 0.2) is 9.84 Å².